The second-order valence-electron chi connectivity index (χ2n) is 8.15. The van der Waals surface area contributed by atoms with Crippen molar-refractivity contribution in [1.29, 1.82) is 0 Å². The Hall–Kier alpha value is -3.22. The van der Waals surface area contributed by atoms with Gasteiger partial charge in [0.15, 0.2) is 0 Å². The Morgan fingerprint density at radius 3 is 2.32 bits per heavy atom. The van der Waals surface area contributed by atoms with E-state index in [2.05, 4.69) is 10.6 Å². The zero-order valence-corrected chi connectivity index (χ0v) is 17.5. The van der Waals surface area contributed by atoms with Gasteiger partial charge < -0.3 is 15.4 Å². The molecule has 1 fully saturated rings. The number of aryl methyl sites for hydroxylation is 1. The van der Waals surface area contributed by atoms with E-state index < -0.39 is 12.0 Å². The van der Waals surface area contributed by atoms with Crippen molar-refractivity contribution < 1.29 is 23.5 Å². The maximum absolute atomic E-state index is 13.0. The molecule has 2 amide bonds. The number of carbonyl (C=O) groups excluding carboxylic acids is 3. The van der Waals surface area contributed by atoms with Gasteiger partial charge in [-0.2, -0.15) is 0 Å². The minimum absolute atomic E-state index is 0.0565. The van der Waals surface area contributed by atoms with Crippen LogP contribution in [0, 0.1) is 5.82 Å². The number of carbonyl (C=O) groups is 3. The largest absolute Gasteiger partial charge is 0.459 e. The van der Waals surface area contributed by atoms with Crippen LogP contribution >= 0.6 is 0 Å². The molecule has 0 bridgehead atoms. The van der Waals surface area contributed by atoms with E-state index >= 15 is 0 Å². The Morgan fingerprint density at radius 1 is 1.00 bits per heavy atom. The molecule has 1 aliphatic rings. The van der Waals surface area contributed by atoms with Gasteiger partial charge in [-0.25, -0.2) is 9.18 Å². The topological polar surface area (TPSA) is 84.5 Å². The maximum atomic E-state index is 13.0. The third kappa shape index (κ3) is 7.51. The summed E-state index contributed by atoms with van der Waals surface area (Å²) in [4.78, 5) is 37.4. The Bertz CT molecular complexity index is 911. The summed E-state index contributed by atoms with van der Waals surface area (Å²) in [6.45, 7) is 2.00. The highest BCUT2D eigenvalue weighted by Gasteiger charge is 2.39. The van der Waals surface area contributed by atoms with E-state index in [0.29, 0.717) is 6.42 Å². The van der Waals surface area contributed by atoms with E-state index in [1.165, 1.54) is 12.1 Å². The first-order valence-corrected chi connectivity index (χ1v) is 10.4. The molecule has 2 N–H and O–H groups in total. The number of rotatable bonds is 10. The predicted octanol–water partition coefficient (Wildman–Crippen LogP) is 3.05. The van der Waals surface area contributed by atoms with Gasteiger partial charge in [-0.3, -0.25) is 9.59 Å². The van der Waals surface area contributed by atoms with Crippen molar-refractivity contribution in [2.45, 2.75) is 57.2 Å². The molecule has 1 aliphatic carbocycles. The second-order valence-corrected chi connectivity index (χ2v) is 8.15. The molecule has 1 atom stereocenters. The molecule has 164 valence electrons. The van der Waals surface area contributed by atoms with Crippen LogP contribution in [0.1, 0.15) is 43.7 Å². The molecule has 2 aromatic rings. The number of halogens is 1. The summed E-state index contributed by atoms with van der Waals surface area (Å²) in [5.41, 5.74) is 1.40. The Balaban J connectivity index is 1.56. The van der Waals surface area contributed by atoms with Crippen molar-refractivity contribution in [3.63, 3.8) is 0 Å². The Labute approximate surface area is 181 Å². The van der Waals surface area contributed by atoms with Crippen molar-refractivity contribution in [3.8, 4) is 0 Å². The quantitative estimate of drug-likeness (QED) is 0.572. The highest BCUT2D eigenvalue weighted by atomic mass is 19.1. The van der Waals surface area contributed by atoms with E-state index in [-0.39, 0.29) is 42.6 Å². The summed E-state index contributed by atoms with van der Waals surface area (Å²) in [6, 6.07) is 14.0. The lowest BCUT2D eigenvalue weighted by atomic mass is 10.1. The van der Waals surface area contributed by atoms with Crippen molar-refractivity contribution in [3.05, 3.63) is 71.5 Å². The molecular formula is C24H27FN2O4. The van der Waals surface area contributed by atoms with Crippen LogP contribution in [0.4, 0.5) is 4.39 Å². The number of hydrogen-bond acceptors (Lipinski definition) is 4. The fraction of sp³-hybridized carbons (Fsp3) is 0.375. The van der Waals surface area contributed by atoms with E-state index in [0.717, 1.165) is 24.0 Å². The number of ether oxygens (including phenoxy) is 1. The zero-order chi connectivity index (χ0) is 22.3. The molecule has 1 saturated carbocycles. The van der Waals surface area contributed by atoms with Crippen LogP contribution < -0.4 is 10.6 Å². The van der Waals surface area contributed by atoms with Crippen LogP contribution in [-0.2, 0) is 32.1 Å². The molecule has 3 rings (SSSR count). The van der Waals surface area contributed by atoms with E-state index in [9.17, 15) is 18.8 Å². The molecule has 6 nitrogen and oxygen atoms in total. The lowest BCUT2D eigenvalue weighted by Gasteiger charge is -2.19. The van der Waals surface area contributed by atoms with Crippen molar-refractivity contribution >= 4 is 17.8 Å². The van der Waals surface area contributed by atoms with E-state index in [1.807, 2.05) is 37.3 Å². The van der Waals surface area contributed by atoms with E-state index in [4.69, 9.17) is 4.74 Å². The molecule has 0 spiro atoms. The minimum Gasteiger partial charge on any atom is -0.459 e. The predicted molar refractivity (Wildman–Crippen MR) is 113 cm³/mol. The van der Waals surface area contributed by atoms with Gasteiger partial charge in [0.05, 0.1) is 6.42 Å². The normalized spacial score (nSPS) is 14.9. The summed E-state index contributed by atoms with van der Waals surface area (Å²) in [5, 5.41) is 5.52. The average molecular weight is 426 g/mol. The average Bonchev–Trinajstić information content (AvgIpc) is 3.48. The smallest absolute Gasteiger partial charge is 0.329 e. The summed E-state index contributed by atoms with van der Waals surface area (Å²) in [5.74, 6) is -1.68. The van der Waals surface area contributed by atoms with E-state index in [1.54, 1.807) is 12.1 Å². The number of nitrogens with one attached hydrogen (secondary N) is 2. The fourth-order valence-corrected chi connectivity index (χ4v) is 3.08. The van der Waals surface area contributed by atoms with Crippen LogP contribution in [0.15, 0.2) is 54.6 Å². The van der Waals surface area contributed by atoms with Crippen molar-refractivity contribution in [2.24, 2.45) is 0 Å². The van der Waals surface area contributed by atoms with Gasteiger partial charge in [-0.1, -0.05) is 42.5 Å². The SMILES string of the molecule is CC1(NC(=O)C[C@H](NC(=O)CCc2ccc(F)cc2)C(=O)OCc2ccccc2)CC1. The Kier molecular flexibility index (Phi) is 7.39. The van der Waals surface area contributed by atoms with Gasteiger partial charge >= 0.3 is 5.97 Å². The molecule has 31 heavy (non-hydrogen) atoms. The van der Waals surface area contributed by atoms with Crippen LogP contribution in [0.5, 0.6) is 0 Å². The number of esters is 1. The molecular weight excluding hydrogens is 399 g/mol. The third-order valence-corrected chi connectivity index (χ3v) is 5.23. The monoisotopic (exact) mass is 426 g/mol. The number of hydrogen-bond donors (Lipinski definition) is 2. The van der Waals surface area contributed by atoms with Gasteiger partial charge in [0, 0.05) is 12.0 Å². The van der Waals surface area contributed by atoms with Crippen LogP contribution in [0.25, 0.3) is 0 Å². The first kappa shape index (κ1) is 22.5. The summed E-state index contributed by atoms with van der Waals surface area (Å²) >= 11 is 0. The molecule has 0 unspecified atom stereocenters. The summed E-state index contributed by atoms with van der Waals surface area (Å²) in [6.07, 6.45) is 2.10. The number of benzene rings is 2. The molecule has 0 radical (unpaired) electrons. The Morgan fingerprint density at radius 2 is 1.68 bits per heavy atom. The third-order valence-electron chi connectivity index (χ3n) is 5.23. The van der Waals surface area contributed by atoms with Crippen molar-refractivity contribution in [1.82, 2.24) is 10.6 Å². The molecule has 0 aromatic heterocycles. The van der Waals surface area contributed by atoms with Gasteiger partial charge in [0.1, 0.15) is 18.5 Å². The molecule has 0 saturated heterocycles. The fourth-order valence-electron chi connectivity index (χ4n) is 3.08. The second kappa shape index (κ2) is 10.2. The highest BCUT2D eigenvalue weighted by molar-refractivity contribution is 5.89. The molecule has 0 heterocycles. The van der Waals surface area contributed by atoms with Crippen LogP contribution in [-0.4, -0.2) is 29.4 Å². The maximum Gasteiger partial charge on any atom is 0.329 e. The van der Waals surface area contributed by atoms with Gasteiger partial charge in [-0.15, -0.1) is 0 Å². The molecule has 7 heteroatoms. The summed E-state index contributed by atoms with van der Waals surface area (Å²) in [7, 11) is 0. The standard InChI is InChI=1S/C24H27FN2O4/c1-24(13-14-24)27-22(29)15-20(23(30)31-16-18-5-3-2-4-6-18)26-21(28)12-9-17-7-10-19(25)11-8-17/h2-8,10-11,20H,9,12-16H2,1H3,(H,26,28)(H,27,29)/t20-/m0/s1. The number of amides is 2. The highest BCUT2D eigenvalue weighted by Crippen LogP contribution is 2.34. The van der Waals surface area contributed by atoms with Gasteiger partial charge in [0.25, 0.3) is 0 Å². The lowest BCUT2D eigenvalue weighted by Crippen LogP contribution is -2.46. The lowest BCUT2D eigenvalue weighted by molar-refractivity contribution is -0.150. The first-order chi connectivity index (χ1) is 14.8. The van der Waals surface area contributed by atoms with Crippen LogP contribution in [0.3, 0.4) is 0 Å². The van der Waals surface area contributed by atoms with Gasteiger partial charge in [0.2, 0.25) is 11.8 Å². The minimum atomic E-state index is -1.08. The summed E-state index contributed by atoms with van der Waals surface area (Å²) < 4.78 is 18.4. The first-order valence-electron chi connectivity index (χ1n) is 10.4. The zero-order valence-electron chi connectivity index (χ0n) is 17.5. The van der Waals surface area contributed by atoms with Crippen molar-refractivity contribution in [2.75, 3.05) is 0 Å². The molecule has 2 aromatic carbocycles. The molecule has 0 aliphatic heterocycles. The van der Waals surface area contributed by atoms with Gasteiger partial charge in [-0.05, 0) is 49.4 Å². The van der Waals surface area contributed by atoms with Crippen LogP contribution in [0.2, 0.25) is 0 Å².